The van der Waals surface area contributed by atoms with Gasteiger partial charge < -0.3 is 25.4 Å². The van der Waals surface area contributed by atoms with Crippen molar-refractivity contribution in [2.75, 3.05) is 25.1 Å². The van der Waals surface area contributed by atoms with Crippen LogP contribution in [-0.2, 0) is 0 Å². The van der Waals surface area contributed by atoms with Gasteiger partial charge in [-0.3, -0.25) is 4.79 Å². The van der Waals surface area contributed by atoms with Gasteiger partial charge in [-0.2, -0.15) is 0 Å². The van der Waals surface area contributed by atoms with Crippen LogP contribution in [0.2, 0.25) is 0 Å². The number of ether oxygens (including phenoxy) is 2. The Morgan fingerprint density at radius 2 is 1.85 bits per heavy atom. The summed E-state index contributed by atoms with van der Waals surface area (Å²) >= 11 is 0. The van der Waals surface area contributed by atoms with Crippen LogP contribution in [0.5, 0.6) is 11.5 Å². The zero-order chi connectivity index (χ0) is 23.2. The molecular weight excluding hydrogens is 422 g/mol. The molecule has 9 heteroatoms. The number of amides is 2. The van der Waals surface area contributed by atoms with Crippen molar-refractivity contribution in [3.63, 3.8) is 0 Å². The van der Waals surface area contributed by atoms with Crippen LogP contribution in [0.15, 0.2) is 60.7 Å². The highest BCUT2D eigenvalue weighted by atomic mass is 16.5. The molecule has 0 spiro atoms. The summed E-state index contributed by atoms with van der Waals surface area (Å²) in [6.07, 6.45) is 0.927. The lowest BCUT2D eigenvalue weighted by molar-refractivity contribution is 0.0933. The molecule has 1 saturated heterocycles. The van der Waals surface area contributed by atoms with Crippen molar-refractivity contribution < 1.29 is 19.1 Å². The molecule has 4 rings (SSSR count). The molecule has 0 bridgehead atoms. The van der Waals surface area contributed by atoms with E-state index in [4.69, 9.17) is 15.2 Å². The fourth-order valence-electron chi connectivity index (χ4n) is 3.83. The smallest absolute Gasteiger partial charge is 0.409 e. The van der Waals surface area contributed by atoms with Crippen LogP contribution in [0.25, 0.3) is 11.3 Å². The average Bonchev–Trinajstić information content (AvgIpc) is 2.84. The van der Waals surface area contributed by atoms with Gasteiger partial charge in [0.1, 0.15) is 11.5 Å². The molecule has 33 heavy (non-hydrogen) atoms. The molecule has 3 N–H and O–H groups in total. The van der Waals surface area contributed by atoms with Crippen LogP contribution in [0.4, 0.5) is 10.6 Å². The normalized spacial score (nSPS) is 15.5. The molecule has 1 atom stereocenters. The first-order valence-electron chi connectivity index (χ1n) is 10.6. The van der Waals surface area contributed by atoms with Crippen molar-refractivity contribution in [1.29, 1.82) is 0 Å². The lowest BCUT2D eigenvalue weighted by atomic mass is 10.0. The highest BCUT2D eigenvalue weighted by Gasteiger charge is 2.23. The highest BCUT2D eigenvalue weighted by molar-refractivity contribution is 5.94. The fraction of sp³-hybridized carbons (Fsp3) is 0.250. The van der Waals surface area contributed by atoms with Gasteiger partial charge in [-0.25, -0.2) is 4.79 Å². The minimum absolute atomic E-state index is 0.000444. The summed E-state index contributed by atoms with van der Waals surface area (Å²) in [6, 6.07) is 17.7. The number of carbonyl (C=O) groups excluding carboxylic acids is 2. The number of nitrogens with zero attached hydrogens (tertiary/aromatic N) is 3. The number of carbonyl (C=O) groups is 2. The second kappa shape index (κ2) is 9.99. The molecule has 1 fully saturated rings. The molecule has 170 valence electrons. The van der Waals surface area contributed by atoms with Gasteiger partial charge in [0.2, 0.25) is 0 Å². The number of nitrogens with two attached hydrogens (primary N) is 1. The Bertz CT molecular complexity index is 1120. The molecule has 9 nitrogen and oxygen atoms in total. The average molecular weight is 447 g/mol. The third-order valence-corrected chi connectivity index (χ3v) is 5.46. The molecule has 1 aliphatic heterocycles. The van der Waals surface area contributed by atoms with Gasteiger partial charge in [-0.1, -0.05) is 12.1 Å². The Labute approximate surface area is 191 Å². The van der Waals surface area contributed by atoms with E-state index in [2.05, 4.69) is 20.4 Å². The molecule has 0 radical (unpaired) electrons. The maximum atomic E-state index is 12.6. The van der Waals surface area contributed by atoms with E-state index in [0.717, 1.165) is 25.2 Å². The monoisotopic (exact) mass is 447 g/mol. The van der Waals surface area contributed by atoms with Gasteiger partial charge in [0.15, 0.2) is 5.82 Å². The molecule has 0 saturated carbocycles. The van der Waals surface area contributed by atoms with Gasteiger partial charge in [0.05, 0.1) is 12.8 Å². The van der Waals surface area contributed by atoms with Crippen molar-refractivity contribution in [3.05, 3.63) is 66.2 Å². The predicted octanol–water partition coefficient (Wildman–Crippen LogP) is 3.01. The quantitative estimate of drug-likeness (QED) is 0.596. The largest absolute Gasteiger partial charge is 0.497 e. The third-order valence-electron chi connectivity index (χ3n) is 5.46. The van der Waals surface area contributed by atoms with E-state index in [-0.39, 0.29) is 11.9 Å². The maximum absolute atomic E-state index is 12.6. The molecule has 1 unspecified atom stereocenters. The van der Waals surface area contributed by atoms with E-state index in [1.807, 2.05) is 18.2 Å². The van der Waals surface area contributed by atoms with Crippen molar-refractivity contribution in [1.82, 2.24) is 15.5 Å². The number of piperidine rings is 1. The minimum Gasteiger partial charge on any atom is -0.497 e. The summed E-state index contributed by atoms with van der Waals surface area (Å²) in [5.74, 6) is 1.64. The van der Waals surface area contributed by atoms with E-state index < -0.39 is 6.09 Å². The molecule has 1 aromatic heterocycles. The van der Waals surface area contributed by atoms with Crippen LogP contribution in [-0.4, -0.2) is 48.4 Å². The lowest BCUT2D eigenvalue weighted by Crippen LogP contribution is -2.48. The highest BCUT2D eigenvalue weighted by Crippen LogP contribution is 2.29. The van der Waals surface area contributed by atoms with Crippen LogP contribution in [0.1, 0.15) is 23.2 Å². The first-order valence-corrected chi connectivity index (χ1v) is 10.6. The first kappa shape index (κ1) is 22.1. The number of methoxy groups -OCH3 is 1. The second-order valence-corrected chi connectivity index (χ2v) is 7.68. The predicted molar refractivity (Wildman–Crippen MR) is 123 cm³/mol. The number of hydrogen-bond acceptors (Lipinski definition) is 7. The van der Waals surface area contributed by atoms with Crippen LogP contribution in [0.3, 0.4) is 0 Å². The van der Waals surface area contributed by atoms with Gasteiger partial charge in [-0.05, 0) is 61.4 Å². The first-order chi connectivity index (χ1) is 16.0. The number of benzene rings is 2. The summed E-state index contributed by atoms with van der Waals surface area (Å²) in [5.41, 5.74) is 6.93. The Hall–Kier alpha value is -4.14. The molecule has 2 amide bonds. The SMILES string of the molecule is COc1ccc(C(=O)NC2CCCN(c3ccc(-c4ccccc4OC(N)=O)nn3)C2)cc1. The number of hydrogen-bond donors (Lipinski definition) is 2. The number of primary amides is 1. The number of rotatable bonds is 6. The standard InChI is InChI=1S/C24H25N5O4/c1-32-18-10-8-16(9-11-18)23(30)26-17-5-4-14-29(15-17)22-13-12-20(27-28-22)19-6-2-3-7-21(19)33-24(25)31/h2-3,6-13,17H,4-5,14-15H2,1H3,(H2,25,31)(H,26,30). The summed E-state index contributed by atoms with van der Waals surface area (Å²) in [4.78, 5) is 25.9. The molecule has 3 aromatic rings. The topological polar surface area (TPSA) is 120 Å². The summed E-state index contributed by atoms with van der Waals surface area (Å²) < 4.78 is 10.2. The Kier molecular flexibility index (Phi) is 6.68. The summed E-state index contributed by atoms with van der Waals surface area (Å²) in [6.45, 7) is 1.46. The van der Waals surface area contributed by atoms with Gasteiger partial charge in [-0.15, -0.1) is 10.2 Å². The molecular formula is C24H25N5O4. The van der Waals surface area contributed by atoms with Crippen LogP contribution >= 0.6 is 0 Å². The van der Waals surface area contributed by atoms with E-state index in [1.165, 1.54) is 0 Å². The minimum atomic E-state index is -0.886. The molecule has 2 aromatic carbocycles. The van der Waals surface area contributed by atoms with E-state index in [0.29, 0.717) is 34.9 Å². The van der Waals surface area contributed by atoms with Crippen molar-refractivity contribution >= 4 is 17.8 Å². The number of anilines is 1. The molecule has 1 aliphatic rings. The van der Waals surface area contributed by atoms with Gasteiger partial charge in [0, 0.05) is 30.3 Å². The van der Waals surface area contributed by atoms with Gasteiger partial charge in [0.25, 0.3) is 5.91 Å². The van der Waals surface area contributed by atoms with Crippen molar-refractivity contribution in [2.24, 2.45) is 5.73 Å². The molecule has 0 aliphatic carbocycles. The van der Waals surface area contributed by atoms with Crippen molar-refractivity contribution in [3.8, 4) is 22.8 Å². The van der Waals surface area contributed by atoms with Crippen LogP contribution < -0.4 is 25.4 Å². The molecule has 2 heterocycles. The van der Waals surface area contributed by atoms with Crippen molar-refractivity contribution in [2.45, 2.75) is 18.9 Å². The number of nitrogens with one attached hydrogen (secondary N) is 1. The fourth-order valence-corrected chi connectivity index (χ4v) is 3.83. The zero-order valence-corrected chi connectivity index (χ0v) is 18.2. The maximum Gasteiger partial charge on any atom is 0.409 e. The van der Waals surface area contributed by atoms with E-state index >= 15 is 0 Å². The van der Waals surface area contributed by atoms with E-state index in [9.17, 15) is 9.59 Å². The Morgan fingerprint density at radius 3 is 2.55 bits per heavy atom. The zero-order valence-electron chi connectivity index (χ0n) is 18.2. The number of para-hydroxylation sites is 1. The van der Waals surface area contributed by atoms with Crippen LogP contribution in [0, 0.1) is 0 Å². The Morgan fingerprint density at radius 1 is 1.06 bits per heavy atom. The number of aromatic nitrogens is 2. The summed E-state index contributed by atoms with van der Waals surface area (Å²) in [7, 11) is 1.59. The second-order valence-electron chi connectivity index (χ2n) is 7.68. The third kappa shape index (κ3) is 5.38. The van der Waals surface area contributed by atoms with E-state index in [1.54, 1.807) is 49.6 Å². The Balaban J connectivity index is 1.42. The van der Waals surface area contributed by atoms with Gasteiger partial charge >= 0.3 is 6.09 Å². The lowest BCUT2D eigenvalue weighted by Gasteiger charge is -2.33. The summed E-state index contributed by atoms with van der Waals surface area (Å²) in [5, 5.41) is 11.8.